The Morgan fingerprint density at radius 2 is 2.00 bits per heavy atom. The van der Waals surface area contributed by atoms with Gasteiger partial charge in [-0.2, -0.15) is 0 Å². The molecule has 1 unspecified atom stereocenters. The summed E-state index contributed by atoms with van der Waals surface area (Å²) in [6, 6.07) is 0.462. The molecule has 4 nitrogen and oxygen atoms in total. The van der Waals surface area contributed by atoms with Crippen LogP contribution in [0.3, 0.4) is 0 Å². The number of rotatable bonds is 2. The Bertz CT molecular complexity index is 286. The van der Waals surface area contributed by atoms with Crippen LogP contribution in [0.15, 0.2) is 0 Å². The monoisotopic (exact) mass is 239 g/mol. The number of amides is 1. The molecule has 1 aliphatic heterocycles. The molecule has 0 radical (unpaired) electrons. The van der Waals surface area contributed by atoms with Gasteiger partial charge in [-0.3, -0.25) is 4.79 Å². The zero-order chi connectivity index (χ0) is 12.5. The molecule has 98 valence electrons. The maximum Gasteiger partial charge on any atom is 0.230 e. The highest BCUT2D eigenvalue weighted by atomic mass is 16.2. The molecule has 0 aromatic carbocycles. The fourth-order valence-corrected chi connectivity index (χ4v) is 3.13. The number of likely N-dealkylation sites (N-methyl/N-ethyl adjacent to an activating group) is 1. The van der Waals surface area contributed by atoms with E-state index in [9.17, 15) is 4.79 Å². The normalized spacial score (nSPS) is 29.6. The summed E-state index contributed by atoms with van der Waals surface area (Å²) in [6.07, 6.45) is 4.30. The Kier molecular flexibility index (Phi) is 3.73. The van der Waals surface area contributed by atoms with Crippen LogP contribution in [0.25, 0.3) is 0 Å². The zero-order valence-electron chi connectivity index (χ0n) is 11.1. The van der Waals surface area contributed by atoms with Gasteiger partial charge in [0.25, 0.3) is 0 Å². The second kappa shape index (κ2) is 4.94. The van der Waals surface area contributed by atoms with E-state index in [1.165, 1.54) is 0 Å². The maximum atomic E-state index is 12.6. The summed E-state index contributed by atoms with van der Waals surface area (Å²) < 4.78 is 0. The number of carbonyl (C=O) groups excluding carboxylic acids is 1. The van der Waals surface area contributed by atoms with Crippen LogP contribution in [-0.4, -0.2) is 55.0 Å². The first-order valence-electron chi connectivity index (χ1n) is 6.79. The molecule has 0 aromatic heterocycles. The van der Waals surface area contributed by atoms with E-state index < -0.39 is 0 Å². The zero-order valence-corrected chi connectivity index (χ0v) is 11.1. The second-order valence-corrected chi connectivity index (χ2v) is 5.77. The van der Waals surface area contributed by atoms with Crippen molar-refractivity contribution in [2.24, 2.45) is 11.1 Å². The summed E-state index contributed by atoms with van der Waals surface area (Å²) in [6.45, 7) is 5.40. The second-order valence-electron chi connectivity index (χ2n) is 5.77. The molecule has 17 heavy (non-hydrogen) atoms. The van der Waals surface area contributed by atoms with Crippen molar-refractivity contribution in [3.63, 3.8) is 0 Å². The third-order valence-electron chi connectivity index (χ3n) is 4.65. The smallest absolute Gasteiger partial charge is 0.230 e. The lowest BCUT2D eigenvalue weighted by atomic mass is 9.84. The van der Waals surface area contributed by atoms with Crippen LogP contribution in [0, 0.1) is 5.41 Å². The van der Waals surface area contributed by atoms with Gasteiger partial charge >= 0.3 is 0 Å². The molecule has 1 amide bonds. The maximum absolute atomic E-state index is 12.6. The molecule has 0 aromatic rings. The van der Waals surface area contributed by atoms with Gasteiger partial charge in [-0.05, 0) is 26.8 Å². The van der Waals surface area contributed by atoms with Gasteiger partial charge in [0.1, 0.15) is 0 Å². The third-order valence-corrected chi connectivity index (χ3v) is 4.65. The van der Waals surface area contributed by atoms with Gasteiger partial charge in [0, 0.05) is 32.2 Å². The number of hydrogen-bond acceptors (Lipinski definition) is 3. The number of piperazine rings is 1. The van der Waals surface area contributed by atoms with E-state index in [2.05, 4.69) is 18.9 Å². The molecule has 0 bridgehead atoms. The Labute approximate surface area is 104 Å². The van der Waals surface area contributed by atoms with Gasteiger partial charge in [-0.25, -0.2) is 0 Å². The van der Waals surface area contributed by atoms with Crippen LogP contribution >= 0.6 is 0 Å². The van der Waals surface area contributed by atoms with Gasteiger partial charge in [0.05, 0.1) is 5.41 Å². The van der Waals surface area contributed by atoms with Gasteiger partial charge in [-0.15, -0.1) is 0 Å². The first-order valence-corrected chi connectivity index (χ1v) is 6.79. The number of nitrogens with zero attached hydrogens (tertiary/aromatic N) is 2. The standard InChI is InChI=1S/C13H25N3O/c1-11-9-16(8-7-15(11)2)12(17)13(10-14)5-3-4-6-13/h11H,3-10,14H2,1-2H3. The summed E-state index contributed by atoms with van der Waals surface area (Å²) in [7, 11) is 2.13. The van der Waals surface area contributed by atoms with Crippen LogP contribution < -0.4 is 5.73 Å². The van der Waals surface area contributed by atoms with Gasteiger partial charge in [0.15, 0.2) is 0 Å². The molecule has 2 aliphatic rings. The van der Waals surface area contributed by atoms with Crippen LogP contribution in [0.1, 0.15) is 32.6 Å². The van der Waals surface area contributed by atoms with Crippen LogP contribution in [-0.2, 0) is 4.79 Å². The van der Waals surface area contributed by atoms with E-state index in [1.54, 1.807) is 0 Å². The SMILES string of the molecule is CC1CN(C(=O)C2(CN)CCCC2)CCN1C. The average Bonchev–Trinajstić information content (AvgIpc) is 2.81. The van der Waals surface area contributed by atoms with Gasteiger partial charge in [0.2, 0.25) is 5.91 Å². The van der Waals surface area contributed by atoms with E-state index in [1.807, 2.05) is 4.90 Å². The van der Waals surface area contributed by atoms with Crippen molar-refractivity contribution in [1.29, 1.82) is 0 Å². The van der Waals surface area contributed by atoms with E-state index in [-0.39, 0.29) is 5.41 Å². The molecule has 1 aliphatic carbocycles. The minimum absolute atomic E-state index is 0.227. The molecule has 0 spiro atoms. The molecular formula is C13H25N3O. The van der Waals surface area contributed by atoms with Crippen molar-refractivity contribution < 1.29 is 4.79 Å². The molecular weight excluding hydrogens is 214 g/mol. The summed E-state index contributed by atoms with van der Waals surface area (Å²) in [5.41, 5.74) is 5.65. The van der Waals surface area contributed by atoms with E-state index in [0.29, 0.717) is 18.5 Å². The lowest BCUT2D eigenvalue weighted by Gasteiger charge is -2.41. The van der Waals surface area contributed by atoms with Crippen LogP contribution in [0.5, 0.6) is 0 Å². The Balaban J connectivity index is 2.04. The minimum Gasteiger partial charge on any atom is -0.339 e. The van der Waals surface area contributed by atoms with Crippen molar-refractivity contribution in [3.05, 3.63) is 0 Å². The summed E-state index contributed by atoms with van der Waals surface area (Å²) in [5.74, 6) is 0.317. The summed E-state index contributed by atoms with van der Waals surface area (Å²) in [5, 5.41) is 0. The number of hydrogen-bond donors (Lipinski definition) is 1. The molecule has 1 saturated heterocycles. The number of carbonyl (C=O) groups is 1. The molecule has 1 atom stereocenters. The largest absolute Gasteiger partial charge is 0.339 e. The van der Waals surface area contributed by atoms with Gasteiger partial charge in [-0.1, -0.05) is 12.8 Å². The predicted molar refractivity (Wildman–Crippen MR) is 68.6 cm³/mol. The molecule has 2 rings (SSSR count). The van der Waals surface area contributed by atoms with E-state index in [4.69, 9.17) is 5.73 Å². The number of nitrogens with two attached hydrogens (primary N) is 1. The lowest BCUT2D eigenvalue weighted by molar-refractivity contribution is -0.144. The van der Waals surface area contributed by atoms with E-state index >= 15 is 0 Å². The quantitative estimate of drug-likeness (QED) is 0.770. The first kappa shape index (κ1) is 12.8. The van der Waals surface area contributed by atoms with Crippen molar-refractivity contribution in [3.8, 4) is 0 Å². The molecule has 2 fully saturated rings. The van der Waals surface area contributed by atoms with Crippen molar-refractivity contribution in [2.45, 2.75) is 38.6 Å². The Morgan fingerprint density at radius 3 is 2.53 bits per heavy atom. The van der Waals surface area contributed by atoms with Crippen molar-refractivity contribution >= 4 is 5.91 Å². The van der Waals surface area contributed by atoms with Crippen LogP contribution in [0.4, 0.5) is 0 Å². The fraction of sp³-hybridized carbons (Fsp3) is 0.923. The highest BCUT2D eigenvalue weighted by molar-refractivity contribution is 5.83. The lowest BCUT2D eigenvalue weighted by Crippen LogP contribution is -2.56. The molecule has 4 heteroatoms. The summed E-state index contributed by atoms with van der Waals surface area (Å²) >= 11 is 0. The topological polar surface area (TPSA) is 49.6 Å². The predicted octanol–water partition coefficient (Wildman–Crippen LogP) is 0.668. The molecule has 1 saturated carbocycles. The third kappa shape index (κ3) is 2.33. The fourth-order valence-electron chi connectivity index (χ4n) is 3.13. The minimum atomic E-state index is -0.227. The molecule has 1 heterocycles. The van der Waals surface area contributed by atoms with Crippen molar-refractivity contribution in [1.82, 2.24) is 9.80 Å². The van der Waals surface area contributed by atoms with Crippen molar-refractivity contribution in [2.75, 3.05) is 33.2 Å². The van der Waals surface area contributed by atoms with Crippen LogP contribution in [0.2, 0.25) is 0 Å². The highest BCUT2D eigenvalue weighted by Gasteiger charge is 2.43. The van der Waals surface area contributed by atoms with Gasteiger partial charge < -0.3 is 15.5 Å². The summed E-state index contributed by atoms with van der Waals surface area (Å²) in [4.78, 5) is 17.0. The Morgan fingerprint density at radius 1 is 1.35 bits per heavy atom. The average molecular weight is 239 g/mol. The Hall–Kier alpha value is -0.610. The van der Waals surface area contributed by atoms with E-state index in [0.717, 1.165) is 45.3 Å². The highest BCUT2D eigenvalue weighted by Crippen LogP contribution is 2.39. The molecule has 2 N–H and O–H groups in total. The first-order chi connectivity index (χ1) is 8.09.